The molecule has 0 saturated carbocycles. The van der Waals surface area contributed by atoms with Crippen molar-refractivity contribution in [2.24, 2.45) is 0 Å². The third-order valence-electron chi connectivity index (χ3n) is 2.49. The van der Waals surface area contributed by atoms with Crippen molar-refractivity contribution in [3.63, 3.8) is 0 Å². The van der Waals surface area contributed by atoms with Gasteiger partial charge in [-0.15, -0.1) is 0 Å². The first-order chi connectivity index (χ1) is 8.56. The highest BCUT2D eigenvalue weighted by atomic mass is 127. The molecule has 94 valence electrons. The van der Waals surface area contributed by atoms with Crippen molar-refractivity contribution in [2.45, 2.75) is 6.54 Å². The van der Waals surface area contributed by atoms with Gasteiger partial charge in [-0.3, -0.25) is 0 Å². The van der Waals surface area contributed by atoms with Crippen LogP contribution in [0.4, 0.5) is 15.8 Å². The van der Waals surface area contributed by atoms with Crippen LogP contribution < -0.4 is 11.1 Å². The average Bonchev–Trinajstić information content (AvgIpc) is 2.34. The Kier molecular flexibility index (Phi) is 4.29. The Hall–Kier alpha value is -1.01. The lowest BCUT2D eigenvalue weighted by Crippen LogP contribution is -2.03. The van der Waals surface area contributed by atoms with Crippen molar-refractivity contribution >= 4 is 45.6 Å². The van der Waals surface area contributed by atoms with Gasteiger partial charge in [0.15, 0.2) is 0 Å². The van der Waals surface area contributed by atoms with Gasteiger partial charge in [0.25, 0.3) is 0 Å². The smallest absolute Gasteiger partial charge is 0.143 e. The van der Waals surface area contributed by atoms with Gasteiger partial charge < -0.3 is 11.1 Å². The second-order valence-electron chi connectivity index (χ2n) is 3.83. The molecule has 0 saturated heterocycles. The van der Waals surface area contributed by atoms with E-state index in [4.69, 9.17) is 17.3 Å². The molecule has 2 nitrogen and oxygen atoms in total. The predicted molar refractivity (Wildman–Crippen MR) is 82.3 cm³/mol. The molecule has 0 heterocycles. The molecule has 2 aromatic carbocycles. The molecule has 2 rings (SSSR count). The zero-order chi connectivity index (χ0) is 13.1. The van der Waals surface area contributed by atoms with E-state index >= 15 is 0 Å². The largest absolute Gasteiger partial charge is 0.397 e. The van der Waals surface area contributed by atoms with Gasteiger partial charge in [0.1, 0.15) is 5.82 Å². The molecule has 0 aliphatic carbocycles. The Morgan fingerprint density at radius 2 is 1.89 bits per heavy atom. The van der Waals surface area contributed by atoms with Crippen molar-refractivity contribution in [1.82, 2.24) is 0 Å². The Bertz CT molecular complexity index is 558. The van der Waals surface area contributed by atoms with Gasteiger partial charge in [0.05, 0.1) is 16.4 Å². The second-order valence-corrected chi connectivity index (χ2v) is 5.49. The lowest BCUT2D eigenvalue weighted by atomic mass is 10.2. The summed E-state index contributed by atoms with van der Waals surface area (Å²) in [5.41, 5.74) is 7.83. The molecule has 0 spiro atoms. The number of nitrogen functional groups attached to an aromatic ring is 1. The summed E-state index contributed by atoms with van der Waals surface area (Å²) in [5, 5.41) is 3.20. The average molecular weight is 377 g/mol. The molecule has 0 radical (unpaired) electrons. The molecule has 5 heteroatoms. The molecule has 0 unspecified atom stereocenters. The molecule has 0 amide bonds. The van der Waals surface area contributed by atoms with Crippen LogP contribution in [0.5, 0.6) is 0 Å². The number of anilines is 2. The number of rotatable bonds is 3. The van der Waals surface area contributed by atoms with Crippen LogP contribution in [0.25, 0.3) is 0 Å². The molecule has 0 bridgehead atoms. The minimum absolute atomic E-state index is 0.0642. The Balaban J connectivity index is 2.10. The van der Waals surface area contributed by atoms with Crippen molar-refractivity contribution in [2.75, 3.05) is 11.1 Å². The topological polar surface area (TPSA) is 38.0 Å². The van der Waals surface area contributed by atoms with E-state index in [-0.39, 0.29) is 5.02 Å². The lowest BCUT2D eigenvalue weighted by Gasteiger charge is -2.10. The van der Waals surface area contributed by atoms with E-state index in [0.29, 0.717) is 17.9 Å². The van der Waals surface area contributed by atoms with Crippen LogP contribution in [0.1, 0.15) is 5.56 Å². The van der Waals surface area contributed by atoms with E-state index < -0.39 is 5.82 Å². The minimum atomic E-state index is -0.506. The van der Waals surface area contributed by atoms with Gasteiger partial charge in [-0.25, -0.2) is 4.39 Å². The van der Waals surface area contributed by atoms with Crippen LogP contribution in [0.2, 0.25) is 5.02 Å². The molecule has 3 N–H and O–H groups in total. The van der Waals surface area contributed by atoms with Crippen molar-refractivity contribution in [1.29, 1.82) is 0 Å². The fourth-order valence-corrected chi connectivity index (χ4v) is 2.04. The summed E-state index contributed by atoms with van der Waals surface area (Å²) in [5.74, 6) is -0.506. The van der Waals surface area contributed by atoms with Gasteiger partial charge in [0.2, 0.25) is 0 Å². The van der Waals surface area contributed by atoms with Gasteiger partial charge in [-0.1, -0.05) is 23.7 Å². The molecule has 0 aliphatic rings. The van der Waals surface area contributed by atoms with Gasteiger partial charge in [-0.05, 0) is 46.4 Å². The van der Waals surface area contributed by atoms with Crippen LogP contribution in [0, 0.1) is 9.39 Å². The summed E-state index contributed by atoms with van der Waals surface area (Å²) in [6.45, 7) is 0.614. The van der Waals surface area contributed by atoms with Crippen LogP contribution in [0.15, 0.2) is 36.4 Å². The Morgan fingerprint density at radius 3 is 2.56 bits per heavy atom. The number of nitrogens with one attached hydrogen (secondary N) is 1. The SMILES string of the molecule is Nc1cc(F)c(Cl)cc1NCc1ccc(I)cc1. The molecule has 0 fully saturated rings. The minimum Gasteiger partial charge on any atom is -0.397 e. The van der Waals surface area contributed by atoms with Crippen LogP contribution in [-0.4, -0.2) is 0 Å². The second kappa shape index (κ2) is 5.75. The normalized spacial score (nSPS) is 10.4. The van der Waals surface area contributed by atoms with Crippen LogP contribution >= 0.6 is 34.2 Å². The van der Waals surface area contributed by atoms with Gasteiger partial charge in [0, 0.05) is 16.2 Å². The fraction of sp³-hybridized carbons (Fsp3) is 0.0769. The highest BCUT2D eigenvalue weighted by molar-refractivity contribution is 14.1. The molecule has 0 atom stereocenters. The Morgan fingerprint density at radius 1 is 1.22 bits per heavy atom. The van der Waals surface area contributed by atoms with Crippen molar-refractivity contribution in [3.05, 3.63) is 56.4 Å². The predicted octanol–water partition coefficient (Wildman–Crippen LogP) is 4.28. The van der Waals surface area contributed by atoms with Crippen LogP contribution in [0.3, 0.4) is 0 Å². The Labute approximate surface area is 123 Å². The molecule has 0 aliphatic heterocycles. The van der Waals surface area contributed by atoms with E-state index in [9.17, 15) is 4.39 Å². The number of hydrogen-bond acceptors (Lipinski definition) is 2. The van der Waals surface area contributed by atoms with Crippen LogP contribution in [-0.2, 0) is 6.54 Å². The monoisotopic (exact) mass is 376 g/mol. The van der Waals surface area contributed by atoms with E-state index in [2.05, 4.69) is 27.9 Å². The van der Waals surface area contributed by atoms with E-state index in [1.165, 1.54) is 15.7 Å². The highest BCUT2D eigenvalue weighted by Crippen LogP contribution is 2.26. The summed E-state index contributed by atoms with van der Waals surface area (Å²) in [6.07, 6.45) is 0. The molecule has 2 aromatic rings. The zero-order valence-corrected chi connectivity index (χ0v) is 12.3. The van der Waals surface area contributed by atoms with Crippen molar-refractivity contribution in [3.8, 4) is 0 Å². The number of halogens is 3. The number of hydrogen-bond donors (Lipinski definition) is 2. The summed E-state index contributed by atoms with van der Waals surface area (Å²) in [4.78, 5) is 0. The summed E-state index contributed by atoms with van der Waals surface area (Å²) < 4.78 is 14.3. The summed E-state index contributed by atoms with van der Waals surface area (Å²) in [7, 11) is 0. The summed E-state index contributed by atoms with van der Waals surface area (Å²) >= 11 is 7.97. The number of benzene rings is 2. The third-order valence-corrected chi connectivity index (χ3v) is 3.50. The standard InChI is InChI=1S/C13H11ClFIN2/c14-10-5-13(12(17)6-11(10)15)18-7-8-1-3-9(16)4-2-8/h1-6,18H,7,17H2. The maximum atomic E-state index is 13.1. The van der Waals surface area contributed by atoms with E-state index in [1.54, 1.807) is 0 Å². The molecular formula is C13H11ClFIN2. The summed E-state index contributed by atoms with van der Waals surface area (Å²) in [6, 6.07) is 10.8. The quantitative estimate of drug-likeness (QED) is 0.620. The maximum Gasteiger partial charge on any atom is 0.143 e. The first kappa shape index (κ1) is 13.4. The highest BCUT2D eigenvalue weighted by Gasteiger charge is 2.05. The molecule has 18 heavy (non-hydrogen) atoms. The fourth-order valence-electron chi connectivity index (χ4n) is 1.51. The lowest BCUT2D eigenvalue weighted by molar-refractivity contribution is 0.629. The van der Waals surface area contributed by atoms with Crippen molar-refractivity contribution < 1.29 is 4.39 Å². The molecular weight excluding hydrogens is 366 g/mol. The third kappa shape index (κ3) is 3.26. The van der Waals surface area contributed by atoms with E-state index in [0.717, 1.165) is 5.56 Å². The first-order valence-electron chi connectivity index (χ1n) is 5.29. The van der Waals surface area contributed by atoms with Gasteiger partial charge >= 0.3 is 0 Å². The van der Waals surface area contributed by atoms with E-state index in [1.807, 2.05) is 24.3 Å². The molecule has 0 aromatic heterocycles. The first-order valence-corrected chi connectivity index (χ1v) is 6.75. The zero-order valence-electron chi connectivity index (χ0n) is 9.38. The maximum absolute atomic E-state index is 13.1. The van der Waals surface area contributed by atoms with Gasteiger partial charge in [-0.2, -0.15) is 0 Å². The number of nitrogens with two attached hydrogens (primary N) is 1.